The van der Waals surface area contributed by atoms with Gasteiger partial charge in [-0.1, -0.05) is 72.8 Å². The first kappa shape index (κ1) is 10.2. The normalized spacial score (nSPS) is 12.0. The first-order valence-corrected chi connectivity index (χ1v) is 6.98. The lowest BCUT2D eigenvalue weighted by molar-refractivity contribution is 1.59. The molecule has 0 heterocycles. The summed E-state index contributed by atoms with van der Waals surface area (Å²) in [6.07, 6.45) is 0. The fourth-order valence-corrected chi connectivity index (χ4v) is 3.48. The fraction of sp³-hybridized carbons (Fsp3) is 0. The van der Waals surface area contributed by atoms with Crippen molar-refractivity contribution < 1.29 is 0 Å². The molecule has 0 N–H and O–H groups in total. The van der Waals surface area contributed by atoms with Crippen LogP contribution in [0, 0.1) is 0 Å². The van der Waals surface area contributed by atoms with E-state index in [1.807, 2.05) is 0 Å². The average molecular weight is 252 g/mol. The first-order chi connectivity index (χ1) is 9.93. The molecule has 0 nitrogen and oxygen atoms in total. The molecular formula is C20H12. The van der Waals surface area contributed by atoms with Crippen molar-refractivity contribution in [2.75, 3.05) is 0 Å². The molecule has 0 spiro atoms. The van der Waals surface area contributed by atoms with Crippen molar-refractivity contribution in [1.29, 1.82) is 0 Å². The van der Waals surface area contributed by atoms with Crippen molar-refractivity contribution in [1.82, 2.24) is 0 Å². The monoisotopic (exact) mass is 252 g/mol. The summed E-state index contributed by atoms with van der Waals surface area (Å²) in [5.74, 6) is 0. The van der Waals surface area contributed by atoms with Crippen molar-refractivity contribution >= 4 is 21.5 Å². The number of rotatable bonds is 0. The number of hydrogen-bond donors (Lipinski definition) is 0. The lowest BCUT2D eigenvalue weighted by Gasteiger charge is -2.27. The van der Waals surface area contributed by atoms with E-state index < -0.39 is 0 Å². The average Bonchev–Trinajstić information content (AvgIpc) is 2.49. The van der Waals surface area contributed by atoms with E-state index in [1.165, 1.54) is 43.8 Å². The number of fused-ring (bicyclic) bond motifs is 8. The molecule has 0 atom stereocenters. The lowest BCUT2D eigenvalue weighted by Crippen LogP contribution is -2.00. The highest BCUT2D eigenvalue weighted by atomic mass is 14.3. The molecule has 1 aliphatic rings. The third kappa shape index (κ3) is 1.12. The van der Waals surface area contributed by atoms with Gasteiger partial charge in [0.1, 0.15) is 0 Å². The summed E-state index contributed by atoms with van der Waals surface area (Å²) in [5, 5.41) is 5.38. The van der Waals surface area contributed by atoms with E-state index in [2.05, 4.69) is 72.8 Å². The van der Waals surface area contributed by atoms with E-state index >= 15 is 0 Å². The molecule has 1 aliphatic carbocycles. The van der Waals surface area contributed by atoms with E-state index in [0.29, 0.717) is 0 Å². The van der Waals surface area contributed by atoms with Crippen LogP contribution in [0.1, 0.15) is 0 Å². The molecule has 0 unspecified atom stereocenters. The molecule has 92 valence electrons. The summed E-state index contributed by atoms with van der Waals surface area (Å²) in [5.41, 5.74) is 5.64. The van der Waals surface area contributed by atoms with Crippen molar-refractivity contribution in [3.63, 3.8) is 0 Å². The van der Waals surface area contributed by atoms with E-state index in [1.54, 1.807) is 0 Å². The summed E-state index contributed by atoms with van der Waals surface area (Å²) in [6, 6.07) is 26.3. The van der Waals surface area contributed by atoms with Gasteiger partial charge in [0.15, 0.2) is 0 Å². The molecule has 0 saturated heterocycles. The van der Waals surface area contributed by atoms with Crippen LogP contribution in [0.4, 0.5) is 0 Å². The van der Waals surface area contributed by atoms with E-state index in [4.69, 9.17) is 0 Å². The van der Waals surface area contributed by atoms with Gasteiger partial charge in [-0.25, -0.2) is 0 Å². The van der Waals surface area contributed by atoms with Gasteiger partial charge in [-0.3, -0.25) is 0 Å². The molecule has 0 heteroatoms. The molecule has 0 aliphatic heterocycles. The standard InChI is InChI=1S/C20H12/c1-3-7-15-13(5-1)9-11-17-19(15)18-12-10-14-6-2-4-8-16(14)20(17)18/h1-12H. The van der Waals surface area contributed by atoms with Crippen LogP contribution in [-0.2, 0) is 0 Å². The quantitative estimate of drug-likeness (QED) is 0.334. The second-order valence-corrected chi connectivity index (χ2v) is 5.42. The second kappa shape index (κ2) is 3.49. The highest BCUT2D eigenvalue weighted by Gasteiger charge is 2.25. The molecule has 0 fully saturated rings. The minimum Gasteiger partial charge on any atom is -0.0616 e. The van der Waals surface area contributed by atoms with Gasteiger partial charge in [-0.05, 0) is 43.8 Å². The van der Waals surface area contributed by atoms with Crippen LogP contribution in [0.3, 0.4) is 0 Å². The zero-order chi connectivity index (χ0) is 13.1. The molecule has 0 bridgehead atoms. The van der Waals surface area contributed by atoms with Crippen LogP contribution in [0.15, 0.2) is 72.8 Å². The van der Waals surface area contributed by atoms with Crippen LogP contribution in [0.25, 0.3) is 43.8 Å². The molecular weight excluding hydrogens is 240 g/mol. The zero-order valence-electron chi connectivity index (χ0n) is 10.9. The van der Waals surface area contributed by atoms with Gasteiger partial charge in [0.2, 0.25) is 0 Å². The molecule has 20 heavy (non-hydrogen) atoms. The summed E-state index contributed by atoms with van der Waals surface area (Å²) >= 11 is 0. The fourth-order valence-electron chi connectivity index (χ4n) is 3.48. The zero-order valence-corrected chi connectivity index (χ0v) is 10.9. The third-order valence-electron chi connectivity index (χ3n) is 4.40. The van der Waals surface area contributed by atoms with Gasteiger partial charge < -0.3 is 0 Å². The SMILES string of the molecule is c1ccc2c3c(ccc2c1)-c1c-3ccc2ccccc12. The lowest BCUT2D eigenvalue weighted by atomic mass is 9.75. The van der Waals surface area contributed by atoms with Crippen LogP contribution in [-0.4, -0.2) is 0 Å². The highest BCUT2D eigenvalue weighted by molar-refractivity contribution is 6.21. The summed E-state index contributed by atoms with van der Waals surface area (Å²) < 4.78 is 0. The van der Waals surface area contributed by atoms with E-state index in [0.717, 1.165) is 0 Å². The number of benzene rings is 4. The Morgan fingerprint density at radius 2 is 0.850 bits per heavy atom. The maximum atomic E-state index is 2.27. The van der Waals surface area contributed by atoms with Gasteiger partial charge in [0, 0.05) is 0 Å². The van der Waals surface area contributed by atoms with Gasteiger partial charge in [0.05, 0.1) is 0 Å². The molecule has 0 amide bonds. The van der Waals surface area contributed by atoms with Crippen molar-refractivity contribution in [3.05, 3.63) is 72.8 Å². The highest BCUT2D eigenvalue weighted by Crippen LogP contribution is 2.53. The Hall–Kier alpha value is -2.60. The van der Waals surface area contributed by atoms with Gasteiger partial charge >= 0.3 is 0 Å². The van der Waals surface area contributed by atoms with Gasteiger partial charge in [0.25, 0.3) is 0 Å². The Morgan fingerprint density at radius 3 is 1.35 bits per heavy atom. The second-order valence-electron chi connectivity index (χ2n) is 5.42. The summed E-state index contributed by atoms with van der Waals surface area (Å²) in [7, 11) is 0. The van der Waals surface area contributed by atoms with Crippen molar-refractivity contribution in [3.8, 4) is 22.3 Å². The first-order valence-electron chi connectivity index (χ1n) is 6.98. The minimum absolute atomic E-state index is 1.32. The predicted molar refractivity (Wildman–Crippen MR) is 85.9 cm³/mol. The Balaban J connectivity index is 1.93. The molecule has 0 saturated carbocycles. The maximum absolute atomic E-state index is 2.27. The maximum Gasteiger partial charge on any atom is -0.00199 e. The predicted octanol–water partition coefficient (Wildman–Crippen LogP) is 5.64. The smallest absolute Gasteiger partial charge is 0.00199 e. The molecule has 4 aromatic rings. The van der Waals surface area contributed by atoms with E-state index in [9.17, 15) is 0 Å². The van der Waals surface area contributed by atoms with Gasteiger partial charge in [-0.15, -0.1) is 0 Å². The molecule has 4 aromatic carbocycles. The summed E-state index contributed by atoms with van der Waals surface area (Å²) in [4.78, 5) is 0. The van der Waals surface area contributed by atoms with Crippen molar-refractivity contribution in [2.45, 2.75) is 0 Å². The minimum atomic E-state index is 1.32. The number of hydrogen-bond acceptors (Lipinski definition) is 0. The summed E-state index contributed by atoms with van der Waals surface area (Å²) in [6.45, 7) is 0. The largest absolute Gasteiger partial charge is 0.0616 e. The van der Waals surface area contributed by atoms with Crippen molar-refractivity contribution in [2.24, 2.45) is 0 Å². The van der Waals surface area contributed by atoms with Crippen LogP contribution in [0.5, 0.6) is 0 Å². The van der Waals surface area contributed by atoms with Gasteiger partial charge in [-0.2, -0.15) is 0 Å². The Kier molecular flexibility index (Phi) is 1.78. The van der Waals surface area contributed by atoms with E-state index in [-0.39, 0.29) is 0 Å². The molecule has 0 aromatic heterocycles. The Morgan fingerprint density at radius 1 is 0.400 bits per heavy atom. The Labute approximate surface area is 117 Å². The van der Waals surface area contributed by atoms with Crippen LogP contribution in [0.2, 0.25) is 0 Å². The van der Waals surface area contributed by atoms with Crippen LogP contribution >= 0.6 is 0 Å². The topological polar surface area (TPSA) is 0 Å². The molecule has 5 rings (SSSR count). The molecule has 0 radical (unpaired) electrons. The third-order valence-corrected chi connectivity index (χ3v) is 4.40. The Bertz CT molecular complexity index is 895. The van der Waals surface area contributed by atoms with Crippen LogP contribution < -0.4 is 0 Å².